The van der Waals surface area contributed by atoms with Crippen LogP contribution in [-0.2, 0) is 0 Å². The molecule has 1 aromatic heterocycles. The molecule has 66 valence electrons. The van der Waals surface area contributed by atoms with E-state index in [9.17, 15) is 4.39 Å². The summed E-state index contributed by atoms with van der Waals surface area (Å²) in [5.41, 5.74) is 6.54. The Labute approximate surface area is 71.6 Å². The van der Waals surface area contributed by atoms with Crippen LogP contribution in [0.1, 0.15) is 31.4 Å². The molecule has 12 heavy (non-hydrogen) atoms. The van der Waals surface area contributed by atoms with Gasteiger partial charge in [-0.25, -0.2) is 4.39 Å². The van der Waals surface area contributed by atoms with Crippen molar-refractivity contribution in [2.45, 2.75) is 25.8 Å². The van der Waals surface area contributed by atoms with Gasteiger partial charge in [-0.2, -0.15) is 0 Å². The van der Waals surface area contributed by atoms with E-state index in [4.69, 9.17) is 5.73 Å². The lowest BCUT2D eigenvalue weighted by Gasteiger charge is -2.09. The van der Waals surface area contributed by atoms with Crippen LogP contribution >= 0.6 is 0 Å². The highest BCUT2D eigenvalue weighted by molar-refractivity contribution is 5.14. The van der Waals surface area contributed by atoms with Crippen LogP contribution in [0.15, 0.2) is 18.5 Å². The van der Waals surface area contributed by atoms with Gasteiger partial charge >= 0.3 is 0 Å². The number of rotatable bonds is 3. The first-order valence-electron chi connectivity index (χ1n) is 4.10. The third kappa shape index (κ3) is 2.27. The van der Waals surface area contributed by atoms with Crippen molar-refractivity contribution in [3.63, 3.8) is 0 Å². The van der Waals surface area contributed by atoms with E-state index in [-0.39, 0.29) is 11.9 Å². The first kappa shape index (κ1) is 9.13. The molecule has 3 heteroatoms. The Hall–Kier alpha value is -0.960. The van der Waals surface area contributed by atoms with Crippen LogP contribution in [0.4, 0.5) is 4.39 Å². The van der Waals surface area contributed by atoms with Gasteiger partial charge in [0, 0.05) is 12.2 Å². The van der Waals surface area contributed by atoms with Crippen molar-refractivity contribution in [1.82, 2.24) is 4.98 Å². The normalized spacial score (nSPS) is 12.9. The predicted molar refractivity (Wildman–Crippen MR) is 46.0 cm³/mol. The van der Waals surface area contributed by atoms with E-state index in [1.807, 2.05) is 6.92 Å². The summed E-state index contributed by atoms with van der Waals surface area (Å²) in [6, 6.07) is 1.35. The molecule has 2 nitrogen and oxygen atoms in total. The molecule has 0 fully saturated rings. The summed E-state index contributed by atoms with van der Waals surface area (Å²) in [5, 5.41) is 0. The van der Waals surface area contributed by atoms with Crippen LogP contribution in [-0.4, -0.2) is 4.98 Å². The van der Waals surface area contributed by atoms with Crippen molar-refractivity contribution in [3.05, 3.63) is 29.8 Å². The predicted octanol–water partition coefficient (Wildman–Crippen LogP) is 2.02. The molecule has 0 radical (unpaired) electrons. The lowest BCUT2D eigenvalue weighted by atomic mass is 10.1. The largest absolute Gasteiger partial charge is 0.324 e. The number of halogens is 1. The van der Waals surface area contributed by atoms with Crippen molar-refractivity contribution in [1.29, 1.82) is 0 Å². The SMILES string of the molecule is CCC[C@@H](N)c1cncc(F)c1. The van der Waals surface area contributed by atoms with Gasteiger partial charge in [-0.1, -0.05) is 13.3 Å². The second kappa shape index (κ2) is 4.16. The molecule has 1 aromatic rings. The molecule has 0 saturated heterocycles. The van der Waals surface area contributed by atoms with Crippen LogP contribution in [0, 0.1) is 5.82 Å². The lowest BCUT2D eigenvalue weighted by molar-refractivity contribution is 0.598. The van der Waals surface area contributed by atoms with Crippen molar-refractivity contribution in [3.8, 4) is 0 Å². The van der Waals surface area contributed by atoms with E-state index in [2.05, 4.69) is 4.98 Å². The molecule has 0 unspecified atom stereocenters. The summed E-state index contributed by atoms with van der Waals surface area (Å²) in [5.74, 6) is -0.320. The number of nitrogens with two attached hydrogens (primary N) is 1. The zero-order chi connectivity index (χ0) is 8.97. The number of hydrogen-bond donors (Lipinski definition) is 1. The van der Waals surface area contributed by atoms with Gasteiger partial charge in [-0.3, -0.25) is 4.98 Å². The fourth-order valence-electron chi connectivity index (χ4n) is 1.11. The van der Waals surface area contributed by atoms with Gasteiger partial charge in [0.25, 0.3) is 0 Å². The highest BCUT2D eigenvalue weighted by Crippen LogP contribution is 2.14. The van der Waals surface area contributed by atoms with Gasteiger partial charge in [0.1, 0.15) is 5.82 Å². The average molecular weight is 168 g/mol. The molecule has 1 heterocycles. The van der Waals surface area contributed by atoms with Gasteiger partial charge in [-0.15, -0.1) is 0 Å². The number of pyridine rings is 1. The topological polar surface area (TPSA) is 38.9 Å². The Kier molecular flexibility index (Phi) is 3.17. The Morgan fingerprint density at radius 1 is 1.58 bits per heavy atom. The molecule has 0 aromatic carbocycles. The van der Waals surface area contributed by atoms with Crippen LogP contribution in [0.2, 0.25) is 0 Å². The van der Waals surface area contributed by atoms with E-state index in [1.165, 1.54) is 12.3 Å². The Morgan fingerprint density at radius 3 is 2.92 bits per heavy atom. The molecular formula is C9H13FN2. The van der Waals surface area contributed by atoms with Crippen molar-refractivity contribution in [2.75, 3.05) is 0 Å². The first-order valence-corrected chi connectivity index (χ1v) is 4.10. The second-order valence-corrected chi connectivity index (χ2v) is 2.83. The fourth-order valence-corrected chi connectivity index (χ4v) is 1.11. The maximum atomic E-state index is 12.6. The Morgan fingerprint density at radius 2 is 2.33 bits per heavy atom. The zero-order valence-corrected chi connectivity index (χ0v) is 7.13. The Bertz CT molecular complexity index is 250. The maximum Gasteiger partial charge on any atom is 0.141 e. The first-order chi connectivity index (χ1) is 5.74. The van der Waals surface area contributed by atoms with Crippen molar-refractivity contribution >= 4 is 0 Å². The summed E-state index contributed by atoms with van der Waals surface area (Å²) in [6.45, 7) is 2.05. The van der Waals surface area contributed by atoms with Crippen LogP contribution in [0.25, 0.3) is 0 Å². The number of hydrogen-bond acceptors (Lipinski definition) is 2. The molecule has 1 atom stereocenters. The monoisotopic (exact) mass is 168 g/mol. The highest BCUT2D eigenvalue weighted by atomic mass is 19.1. The molecule has 0 aliphatic rings. The second-order valence-electron chi connectivity index (χ2n) is 2.83. The zero-order valence-electron chi connectivity index (χ0n) is 7.13. The van der Waals surface area contributed by atoms with Gasteiger partial charge in [-0.05, 0) is 18.1 Å². The summed E-state index contributed by atoms with van der Waals surface area (Å²) < 4.78 is 12.6. The molecule has 0 saturated carbocycles. The van der Waals surface area contributed by atoms with Gasteiger partial charge in [0.05, 0.1) is 6.20 Å². The molecule has 0 spiro atoms. The fraction of sp³-hybridized carbons (Fsp3) is 0.444. The van der Waals surface area contributed by atoms with Crippen LogP contribution < -0.4 is 5.73 Å². The number of aromatic nitrogens is 1. The van der Waals surface area contributed by atoms with E-state index in [1.54, 1.807) is 6.20 Å². The number of nitrogens with zero attached hydrogens (tertiary/aromatic N) is 1. The van der Waals surface area contributed by atoms with Gasteiger partial charge < -0.3 is 5.73 Å². The van der Waals surface area contributed by atoms with E-state index in [0.29, 0.717) is 0 Å². The van der Waals surface area contributed by atoms with Crippen LogP contribution in [0.3, 0.4) is 0 Å². The molecule has 0 aliphatic heterocycles. The van der Waals surface area contributed by atoms with Gasteiger partial charge in [0.15, 0.2) is 0 Å². The lowest BCUT2D eigenvalue weighted by Crippen LogP contribution is -2.10. The molecule has 0 aliphatic carbocycles. The maximum absolute atomic E-state index is 12.6. The minimum absolute atomic E-state index is 0.0850. The third-order valence-corrected chi connectivity index (χ3v) is 1.75. The summed E-state index contributed by atoms with van der Waals surface area (Å²) in [6.07, 6.45) is 4.66. The Balaban J connectivity index is 2.73. The minimum atomic E-state index is -0.320. The standard InChI is InChI=1S/C9H13FN2/c1-2-3-9(11)7-4-8(10)6-12-5-7/h4-6,9H,2-3,11H2,1H3/t9-/m1/s1. The molecule has 1 rings (SSSR count). The smallest absolute Gasteiger partial charge is 0.141 e. The highest BCUT2D eigenvalue weighted by Gasteiger charge is 2.05. The molecule has 0 bridgehead atoms. The molecule has 2 N–H and O–H groups in total. The van der Waals surface area contributed by atoms with Crippen molar-refractivity contribution < 1.29 is 4.39 Å². The third-order valence-electron chi connectivity index (χ3n) is 1.75. The summed E-state index contributed by atoms with van der Waals surface area (Å²) >= 11 is 0. The molecular weight excluding hydrogens is 155 g/mol. The van der Waals surface area contributed by atoms with Crippen LogP contribution in [0.5, 0.6) is 0 Å². The van der Waals surface area contributed by atoms with E-state index >= 15 is 0 Å². The van der Waals surface area contributed by atoms with Crippen molar-refractivity contribution in [2.24, 2.45) is 5.73 Å². The molecule has 0 amide bonds. The summed E-state index contributed by atoms with van der Waals surface area (Å²) in [4.78, 5) is 3.73. The minimum Gasteiger partial charge on any atom is -0.324 e. The van der Waals surface area contributed by atoms with Gasteiger partial charge in [0.2, 0.25) is 0 Å². The average Bonchev–Trinajstić information content (AvgIpc) is 2.05. The summed E-state index contributed by atoms with van der Waals surface area (Å²) in [7, 11) is 0. The van der Waals surface area contributed by atoms with E-state index < -0.39 is 0 Å². The quantitative estimate of drug-likeness (QED) is 0.749. The van der Waals surface area contributed by atoms with E-state index in [0.717, 1.165) is 18.4 Å².